The van der Waals surface area contributed by atoms with Crippen LogP contribution in [0.5, 0.6) is 0 Å². The zero-order valence-corrected chi connectivity index (χ0v) is 28.7. The van der Waals surface area contributed by atoms with Gasteiger partial charge in [-0.2, -0.15) is 0 Å². The van der Waals surface area contributed by atoms with Crippen LogP contribution in [0.1, 0.15) is 99.3 Å². The summed E-state index contributed by atoms with van der Waals surface area (Å²) in [6.07, 6.45) is -1.18. The third-order valence-corrected chi connectivity index (χ3v) is 15.6. The Morgan fingerprint density at radius 1 is 0.894 bits per heavy atom. The number of hydrogen-bond acceptors (Lipinski definition) is 10. The predicted molar refractivity (Wildman–Crippen MR) is 168 cm³/mol. The number of carboxylic acid groups (broad SMARTS) is 1. The maximum Gasteiger partial charge on any atom is 0.315 e. The lowest BCUT2D eigenvalue weighted by Gasteiger charge is -2.71. The van der Waals surface area contributed by atoms with Gasteiger partial charge in [0.05, 0.1) is 29.1 Å². The number of aliphatic hydroxyl groups excluding tert-OH is 5. The largest absolute Gasteiger partial charge is 0.481 e. The van der Waals surface area contributed by atoms with Gasteiger partial charge in [-0.3, -0.25) is 9.59 Å². The first-order valence-electron chi connectivity index (χ1n) is 17.6. The maximum absolute atomic E-state index is 14.5. The molecule has 16 atom stereocenters. The second-order valence-corrected chi connectivity index (χ2v) is 17.3. The van der Waals surface area contributed by atoms with Crippen molar-refractivity contribution in [1.82, 2.24) is 0 Å². The molecule has 0 spiro atoms. The van der Waals surface area contributed by atoms with E-state index in [0.29, 0.717) is 44.9 Å². The van der Waals surface area contributed by atoms with Gasteiger partial charge in [0.2, 0.25) is 6.29 Å². The highest BCUT2D eigenvalue weighted by Gasteiger charge is 2.72. The Kier molecular flexibility index (Phi) is 8.40. The molecule has 0 amide bonds. The Morgan fingerprint density at radius 3 is 2.21 bits per heavy atom. The third kappa shape index (κ3) is 4.49. The van der Waals surface area contributed by atoms with Crippen LogP contribution in [-0.2, 0) is 19.1 Å². The summed E-state index contributed by atoms with van der Waals surface area (Å²) in [6, 6.07) is 0. The van der Waals surface area contributed by atoms with Crippen molar-refractivity contribution in [2.45, 2.75) is 142 Å². The van der Waals surface area contributed by atoms with Crippen LogP contribution in [0.4, 0.5) is 0 Å². The Labute approximate surface area is 277 Å². The number of esters is 1. The van der Waals surface area contributed by atoms with Gasteiger partial charge in [0.25, 0.3) is 0 Å². The number of aliphatic carboxylic acids is 1. The van der Waals surface area contributed by atoms with Crippen LogP contribution in [-0.4, -0.2) is 96.7 Å². The lowest BCUT2D eigenvalue weighted by molar-refractivity contribution is -0.299. The second-order valence-electron chi connectivity index (χ2n) is 17.3. The fourth-order valence-corrected chi connectivity index (χ4v) is 12.2. The minimum Gasteiger partial charge on any atom is -0.481 e. The summed E-state index contributed by atoms with van der Waals surface area (Å²) in [5.41, 5.74) is -3.64. The number of carbonyl (C=O) groups is 2. The molecular formula is C36H56O11. The normalized spacial score (nSPS) is 55.8. The molecule has 5 fully saturated rings. The fraction of sp³-hybridized carbons (Fsp3) is 0.889. The minimum atomic E-state index is -1.72. The van der Waals surface area contributed by atoms with Crippen LogP contribution in [0.15, 0.2) is 11.6 Å². The molecule has 0 aromatic rings. The molecule has 0 aromatic carbocycles. The van der Waals surface area contributed by atoms with Crippen LogP contribution in [0, 0.1) is 50.7 Å². The summed E-state index contributed by atoms with van der Waals surface area (Å²) in [4.78, 5) is 27.2. The average Bonchev–Trinajstić information content (AvgIpc) is 3.01. The SMILES string of the molecule is C[C@H]1CC[C@]2(C(=O)O[C@@H]3O[C@H](CO)[C@@H](O)[C@H](O)[C@H]3O)CC[C@]3(C)C(=CC[C@@H]4[C@@]5(C)CC[C@H](O)[C@](C)(C(=O)O)[C@@H]5CC[C@]43C)[C@@H]2[C@]1(C)O. The van der Waals surface area contributed by atoms with Crippen molar-refractivity contribution in [3.63, 3.8) is 0 Å². The average molecular weight is 665 g/mol. The topological polar surface area (TPSA) is 194 Å². The number of hydrogen-bond donors (Lipinski definition) is 7. The first kappa shape index (κ1) is 35.2. The van der Waals surface area contributed by atoms with Gasteiger partial charge < -0.3 is 45.2 Å². The number of fused-ring (bicyclic) bond motifs is 7. The zero-order chi connectivity index (χ0) is 34.7. The van der Waals surface area contributed by atoms with Crippen LogP contribution >= 0.6 is 0 Å². The Morgan fingerprint density at radius 2 is 1.57 bits per heavy atom. The van der Waals surface area contributed by atoms with E-state index in [1.54, 1.807) is 13.8 Å². The highest BCUT2D eigenvalue weighted by Crippen LogP contribution is 2.76. The summed E-state index contributed by atoms with van der Waals surface area (Å²) in [5.74, 6) is -2.37. The first-order chi connectivity index (χ1) is 21.8. The molecule has 1 aliphatic heterocycles. The first-order valence-corrected chi connectivity index (χ1v) is 17.6. The van der Waals surface area contributed by atoms with Gasteiger partial charge >= 0.3 is 11.9 Å². The van der Waals surface area contributed by atoms with Crippen molar-refractivity contribution in [1.29, 1.82) is 0 Å². The maximum atomic E-state index is 14.5. The molecule has 0 aromatic heterocycles. The highest BCUT2D eigenvalue weighted by atomic mass is 16.7. The second kappa shape index (κ2) is 11.2. The van der Waals surface area contributed by atoms with E-state index in [-0.39, 0.29) is 28.6 Å². The molecule has 5 aliphatic carbocycles. The van der Waals surface area contributed by atoms with Gasteiger partial charge in [0, 0.05) is 5.92 Å². The van der Waals surface area contributed by atoms with Gasteiger partial charge in [-0.25, -0.2) is 0 Å². The fourth-order valence-electron chi connectivity index (χ4n) is 12.2. The summed E-state index contributed by atoms with van der Waals surface area (Å²) >= 11 is 0. The Balaban J connectivity index is 1.39. The molecule has 6 aliphatic rings. The van der Waals surface area contributed by atoms with E-state index in [1.807, 2.05) is 6.92 Å². The van der Waals surface area contributed by atoms with Crippen molar-refractivity contribution in [2.75, 3.05) is 6.61 Å². The molecule has 1 saturated heterocycles. The van der Waals surface area contributed by atoms with Gasteiger partial charge in [-0.1, -0.05) is 39.3 Å². The van der Waals surface area contributed by atoms with Crippen LogP contribution < -0.4 is 0 Å². The van der Waals surface area contributed by atoms with E-state index >= 15 is 0 Å². The quantitative estimate of drug-likeness (QED) is 0.172. The molecule has 0 unspecified atom stereocenters. The number of aliphatic hydroxyl groups is 6. The van der Waals surface area contributed by atoms with Crippen molar-refractivity contribution >= 4 is 11.9 Å². The van der Waals surface area contributed by atoms with Crippen molar-refractivity contribution in [3.8, 4) is 0 Å². The summed E-state index contributed by atoms with van der Waals surface area (Å²) in [6.45, 7) is 11.7. The van der Waals surface area contributed by atoms with E-state index in [2.05, 4.69) is 26.8 Å². The predicted octanol–water partition coefficient (Wildman–Crippen LogP) is 2.53. The molecule has 6 rings (SSSR count). The van der Waals surface area contributed by atoms with E-state index in [9.17, 15) is 45.3 Å². The highest BCUT2D eigenvalue weighted by molar-refractivity contribution is 5.79. The van der Waals surface area contributed by atoms with E-state index in [4.69, 9.17) is 9.47 Å². The molecule has 11 nitrogen and oxygen atoms in total. The number of allylic oxidation sites excluding steroid dienone is 1. The number of carbonyl (C=O) groups excluding carboxylic acids is 1. The van der Waals surface area contributed by atoms with Gasteiger partial charge in [0.1, 0.15) is 24.4 Å². The van der Waals surface area contributed by atoms with Gasteiger partial charge in [-0.05, 0) is 106 Å². The number of carboxylic acids is 1. The molecule has 0 radical (unpaired) electrons. The summed E-state index contributed by atoms with van der Waals surface area (Å²) in [5, 5.41) is 74.8. The summed E-state index contributed by atoms with van der Waals surface area (Å²) in [7, 11) is 0. The number of ether oxygens (including phenoxy) is 2. The lowest BCUT2D eigenvalue weighted by atomic mass is 9.33. The molecular weight excluding hydrogens is 608 g/mol. The third-order valence-electron chi connectivity index (χ3n) is 15.6. The van der Waals surface area contributed by atoms with E-state index in [0.717, 1.165) is 18.4 Å². The molecule has 0 bridgehead atoms. The van der Waals surface area contributed by atoms with Crippen LogP contribution in [0.3, 0.4) is 0 Å². The molecule has 47 heavy (non-hydrogen) atoms. The van der Waals surface area contributed by atoms with Crippen LogP contribution in [0.25, 0.3) is 0 Å². The van der Waals surface area contributed by atoms with Gasteiger partial charge in [-0.15, -0.1) is 0 Å². The molecule has 1 heterocycles. The van der Waals surface area contributed by atoms with Crippen molar-refractivity contribution in [2.24, 2.45) is 50.7 Å². The monoisotopic (exact) mass is 664 g/mol. The smallest absolute Gasteiger partial charge is 0.315 e. The molecule has 4 saturated carbocycles. The Hall–Kier alpha value is -1.60. The molecule has 7 N–H and O–H groups in total. The van der Waals surface area contributed by atoms with Crippen molar-refractivity contribution < 1.29 is 54.8 Å². The standard InChI is InChI=1S/C36H56O11/c1-18-9-14-36(30(44)47-28-26(41)25(40)24(39)20(17-37)46-28)16-15-32(3)19(27(36)35(18,6)45)7-8-21-31(2)12-11-23(38)34(5,29(42)43)22(31)10-13-33(21,32)4/h7,18,20-28,37-41,45H,8-17H2,1-6H3,(H,42,43)/t18-,20+,21+,22+,23-,24+,25-,26+,27+,28-,31+,32+,33+,34+,35+,36-/m0/s1. The zero-order valence-electron chi connectivity index (χ0n) is 28.7. The van der Waals surface area contributed by atoms with E-state index < -0.39 is 83.1 Å². The minimum absolute atomic E-state index is 0.126. The van der Waals surface area contributed by atoms with Crippen molar-refractivity contribution in [3.05, 3.63) is 11.6 Å². The summed E-state index contributed by atoms with van der Waals surface area (Å²) < 4.78 is 11.4. The number of rotatable bonds is 4. The van der Waals surface area contributed by atoms with Crippen LogP contribution in [0.2, 0.25) is 0 Å². The van der Waals surface area contributed by atoms with E-state index in [1.165, 1.54) is 0 Å². The Bertz CT molecular complexity index is 1310. The molecule has 266 valence electrons. The van der Waals surface area contributed by atoms with Gasteiger partial charge in [0.15, 0.2) is 0 Å². The lowest BCUT2D eigenvalue weighted by Crippen LogP contribution is -2.69. The molecule has 11 heteroatoms.